The Labute approximate surface area is 105 Å². The van der Waals surface area contributed by atoms with Crippen LogP contribution in [0.4, 0.5) is 4.79 Å². The molecule has 3 amide bonds. The quantitative estimate of drug-likeness (QED) is 0.559. The summed E-state index contributed by atoms with van der Waals surface area (Å²) in [5.74, 6) is -0.235. The zero-order chi connectivity index (χ0) is 13.1. The molecule has 7 heteroatoms. The first-order valence-electron chi connectivity index (χ1n) is 5.30. The van der Waals surface area contributed by atoms with Crippen molar-refractivity contribution in [3.05, 3.63) is 0 Å². The Morgan fingerprint density at radius 3 is 2.41 bits per heavy atom. The van der Waals surface area contributed by atoms with Gasteiger partial charge in [-0.2, -0.15) is 0 Å². The van der Waals surface area contributed by atoms with Crippen molar-refractivity contribution in [3.63, 3.8) is 0 Å². The predicted molar refractivity (Wildman–Crippen MR) is 74.2 cm³/mol. The normalized spacial score (nSPS) is 25.0. The van der Waals surface area contributed by atoms with Crippen molar-refractivity contribution in [1.29, 1.82) is 0 Å². The molecule has 0 aliphatic carbocycles. The largest absolute Gasteiger partial charge is 0.326 e. The summed E-state index contributed by atoms with van der Waals surface area (Å²) in [7, 11) is 1.13. The Hall–Kier alpha value is -0.760. The minimum absolute atomic E-state index is 0.235. The van der Waals surface area contributed by atoms with Gasteiger partial charge >= 0.3 is 6.03 Å². The van der Waals surface area contributed by atoms with E-state index in [0.717, 1.165) is 0 Å². The average molecular weight is 273 g/mol. The molecule has 0 aromatic carbocycles. The molecular formula is C10H17N3O2P2. The van der Waals surface area contributed by atoms with Gasteiger partial charge in [0.2, 0.25) is 5.02 Å². The van der Waals surface area contributed by atoms with Crippen LogP contribution in [0.1, 0.15) is 13.8 Å². The summed E-state index contributed by atoms with van der Waals surface area (Å²) in [6, 6.07) is -0.0229. The first-order chi connectivity index (χ1) is 7.96. The molecule has 1 aliphatic rings. The van der Waals surface area contributed by atoms with Gasteiger partial charge in [-0.15, -0.1) is 0 Å². The van der Waals surface area contributed by atoms with Gasteiger partial charge in [-0.3, -0.25) is 9.69 Å². The van der Waals surface area contributed by atoms with Crippen molar-refractivity contribution in [2.24, 2.45) is 0 Å². The van der Waals surface area contributed by atoms with E-state index in [1.54, 1.807) is 0 Å². The van der Waals surface area contributed by atoms with Crippen molar-refractivity contribution < 1.29 is 9.59 Å². The highest BCUT2D eigenvalue weighted by Crippen LogP contribution is 2.37. The van der Waals surface area contributed by atoms with E-state index in [2.05, 4.69) is 23.2 Å². The zero-order valence-corrected chi connectivity index (χ0v) is 11.9. The Morgan fingerprint density at radius 1 is 1.41 bits per heavy atom. The zero-order valence-electron chi connectivity index (χ0n) is 10.1. The van der Waals surface area contributed by atoms with Crippen molar-refractivity contribution in [2.75, 3.05) is 13.1 Å². The van der Waals surface area contributed by atoms with Crippen LogP contribution in [-0.2, 0) is 4.79 Å². The van der Waals surface area contributed by atoms with Gasteiger partial charge in [-0.1, -0.05) is 42.9 Å². The molecule has 0 unspecified atom stereocenters. The minimum atomic E-state index is -0.949. The highest BCUT2D eigenvalue weighted by atomic mass is 31.1. The molecule has 0 radical (unpaired) electrons. The second-order valence-corrected chi connectivity index (χ2v) is 6.31. The summed E-state index contributed by atoms with van der Waals surface area (Å²) in [5, 5.41) is 4.88. The highest BCUT2D eigenvalue weighted by molar-refractivity contribution is 7.59. The lowest BCUT2D eigenvalue weighted by Crippen LogP contribution is -2.39. The fourth-order valence-electron chi connectivity index (χ4n) is 1.48. The van der Waals surface area contributed by atoms with Gasteiger partial charge in [0.05, 0.1) is 0 Å². The highest BCUT2D eigenvalue weighted by Gasteiger charge is 2.48. The van der Waals surface area contributed by atoms with Crippen LogP contribution in [0.5, 0.6) is 0 Å². The monoisotopic (exact) mass is 273 g/mol. The van der Waals surface area contributed by atoms with Gasteiger partial charge in [0.25, 0.3) is 5.91 Å². The number of carbonyl (C=O) groups is 2. The van der Waals surface area contributed by atoms with E-state index < -0.39 is 5.02 Å². The third-order valence-electron chi connectivity index (χ3n) is 2.42. The van der Waals surface area contributed by atoms with Gasteiger partial charge < -0.3 is 10.6 Å². The third kappa shape index (κ3) is 2.92. The molecule has 2 N–H and O–H groups in total. The first kappa shape index (κ1) is 14.3. The molecule has 0 aromatic heterocycles. The molecule has 1 fully saturated rings. The Kier molecular flexibility index (Phi) is 4.81. The molecule has 94 valence electrons. The van der Waals surface area contributed by atoms with E-state index >= 15 is 0 Å². The topological polar surface area (TPSA) is 61.4 Å². The van der Waals surface area contributed by atoms with Crippen molar-refractivity contribution in [2.45, 2.75) is 24.9 Å². The lowest BCUT2D eigenvalue weighted by molar-refractivity contribution is -0.126. The van der Waals surface area contributed by atoms with E-state index in [-0.39, 0.29) is 11.9 Å². The molecular weight excluding hydrogens is 256 g/mol. The number of hydrogen-bond donors (Lipinski definition) is 2. The lowest BCUT2D eigenvalue weighted by atomic mass is 10.4. The number of nitrogens with one attached hydrogen (secondary N) is 2. The number of urea groups is 1. The summed E-state index contributed by atoms with van der Waals surface area (Å²) in [4.78, 5) is 25.0. The Bertz CT molecular complexity index is 349. The van der Waals surface area contributed by atoms with Crippen LogP contribution in [0.3, 0.4) is 0 Å². The Balaban J connectivity index is 2.69. The van der Waals surface area contributed by atoms with Crippen molar-refractivity contribution >= 4 is 40.9 Å². The second kappa shape index (κ2) is 5.72. The van der Waals surface area contributed by atoms with Crippen LogP contribution in [0.15, 0.2) is 0 Å². The maximum Gasteiger partial charge on any atom is 0.326 e. The molecule has 0 aromatic rings. The first-order valence-corrected chi connectivity index (χ1v) is 7.46. The molecule has 0 spiro atoms. The summed E-state index contributed by atoms with van der Waals surface area (Å²) >= 11 is 0. The smallest absolute Gasteiger partial charge is 0.313 e. The summed E-state index contributed by atoms with van der Waals surface area (Å²) < 4.78 is 0. The van der Waals surface area contributed by atoms with E-state index in [9.17, 15) is 9.59 Å². The predicted octanol–water partition coefficient (Wildman–Crippen LogP) is 0.946. The number of amides is 3. The molecule has 5 nitrogen and oxygen atoms in total. The minimum Gasteiger partial charge on any atom is -0.313 e. The van der Waals surface area contributed by atoms with Gasteiger partial charge in [0, 0.05) is 19.1 Å². The fraction of sp³-hybridized carbons (Fsp3) is 0.600. The Morgan fingerprint density at radius 2 is 2.00 bits per heavy atom. The van der Waals surface area contributed by atoms with E-state index in [1.165, 1.54) is 4.90 Å². The lowest BCUT2D eigenvalue weighted by Gasteiger charge is -2.17. The SMILES string of the molecule is C=PC1(P=C)NC(=O)N(CCNC(C)C)C1=O. The van der Waals surface area contributed by atoms with Crippen LogP contribution in [0.25, 0.3) is 0 Å². The average Bonchev–Trinajstić information content (AvgIpc) is 2.53. The van der Waals surface area contributed by atoms with Gasteiger partial charge in [0.1, 0.15) is 0 Å². The van der Waals surface area contributed by atoms with Crippen LogP contribution >= 0.6 is 16.4 Å². The van der Waals surface area contributed by atoms with Crippen molar-refractivity contribution in [3.8, 4) is 0 Å². The van der Waals surface area contributed by atoms with Crippen LogP contribution in [0.2, 0.25) is 0 Å². The molecule has 0 saturated carbocycles. The second-order valence-electron chi connectivity index (χ2n) is 3.98. The summed E-state index contributed by atoms with van der Waals surface area (Å²) in [5.41, 5.74) is 0. The molecule has 1 aliphatic heterocycles. The van der Waals surface area contributed by atoms with Gasteiger partial charge in [-0.25, -0.2) is 4.79 Å². The van der Waals surface area contributed by atoms with Gasteiger partial charge in [-0.05, 0) is 0 Å². The maximum atomic E-state index is 12.1. The summed E-state index contributed by atoms with van der Waals surface area (Å²) in [6.45, 7) is 4.99. The van der Waals surface area contributed by atoms with Crippen molar-refractivity contribution in [1.82, 2.24) is 15.5 Å². The van der Waals surface area contributed by atoms with E-state index in [1.807, 2.05) is 13.8 Å². The number of hydrogen-bond acceptors (Lipinski definition) is 3. The number of nitrogens with zero attached hydrogens (tertiary/aromatic N) is 1. The number of carbonyl (C=O) groups excluding carboxylic acids is 2. The molecule has 17 heavy (non-hydrogen) atoms. The van der Waals surface area contributed by atoms with Gasteiger partial charge in [0.15, 0.2) is 0 Å². The van der Waals surface area contributed by atoms with Crippen LogP contribution in [-0.4, -0.2) is 53.6 Å². The van der Waals surface area contributed by atoms with E-state index in [0.29, 0.717) is 35.5 Å². The molecule has 1 saturated heterocycles. The van der Waals surface area contributed by atoms with Crippen LogP contribution < -0.4 is 10.6 Å². The number of rotatable bonds is 6. The standard InChI is InChI=1S/C10H17N3O2P2/c1-7(2)11-5-6-13-8(14)10(16-3,17-4)12-9(13)15/h7,11H,3-6H2,1-2H3,(H,12,15). The molecule has 0 bridgehead atoms. The fourth-order valence-corrected chi connectivity index (χ4v) is 2.74. The number of imide groups is 1. The summed E-state index contributed by atoms with van der Waals surface area (Å²) in [6.07, 6.45) is 7.37. The molecule has 1 heterocycles. The third-order valence-corrected chi connectivity index (χ3v) is 4.79. The maximum absolute atomic E-state index is 12.1. The van der Waals surface area contributed by atoms with E-state index in [4.69, 9.17) is 0 Å². The molecule has 0 atom stereocenters. The molecule has 1 rings (SSSR count). The van der Waals surface area contributed by atoms with Crippen LogP contribution in [0, 0.1) is 0 Å².